The van der Waals surface area contributed by atoms with Crippen LogP contribution in [0.2, 0.25) is 0 Å². The van der Waals surface area contributed by atoms with E-state index in [1.807, 2.05) is 30.3 Å². The predicted octanol–water partition coefficient (Wildman–Crippen LogP) is 3.21. The zero-order valence-corrected chi connectivity index (χ0v) is 15.0. The Balaban J connectivity index is 1.29. The van der Waals surface area contributed by atoms with E-state index in [0.717, 1.165) is 44.5 Å². The number of fused-ring (bicyclic) bond motifs is 2. The first kappa shape index (κ1) is 16.9. The van der Waals surface area contributed by atoms with Crippen LogP contribution in [-0.2, 0) is 4.79 Å². The van der Waals surface area contributed by atoms with Crippen LogP contribution in [0.15, 0.2) is 30.3 Å². The minimum absolute atomic E-state index is 0.210. The summed E-state index contributed by atoms with van der Waals surface area (Å²) in [6.45, 7) is 1.66. The van der Waals surface area contributed by atoms with Crippen molar-refractivity contribution in [3.8, 4) is 5.75 Å². The highest BCUT2D eigenvalue weighted by Crippen LogP contribution is 2.42. The third kappa shape index (κ3) is 3.69. The van der Waals surface area contributed by atoms with Crippen LogP contribution in [0.5, 0.6) is 5.75 Å². The molecule has 3 aliphatic rings. The van der Waals surface area contributed by atoms with Crippen molar-refractivity contribution in [2.24, 2.45) is 23.5 Å². The first-order chi connectivity index (χ1) is 12.2. The Hall–Kier alpha value is -1.55. The summed E-state index contributed by atoms with van der Waals surface area (Å²) in [6, 6.07) is 10.3. The number of piperidine rings is 1. The Morgan fingerprint density at radius 1 is 1.00 bits per heavy atom. The molecule has 1 saturated heterocycles. The molecule has 2 bridgehead atoms. The fraction of sp³-hybridized carbons (Fsp3) is 0.667. The largest absolute Gasteiger partial charge is 0.490 e. The van der Waals surface area contributed by atoms with Crippen LogP contribution >= 0.6 is 0 Å². The standard InChI is InChI=1S/C21H30N2O2/c22-20-15-5-4-6-16(20)14-17(13-15)21(24)23-11-9-19(10-12-23)25-18-7-2-1-3-8-18/h1-3,7-8,15-17,19-20H,4-6,9-14,22H2. The third-order valence-electron chi connectivity index (χ3n) is 6.56. The Morgan fingerprint density at radius 2 is 1.64 bits per heavy atom. The van der Waals surface area contributed by atoms with Gasteiger partial charge in [-0.1, -0.05) is 24.6 Å². The first-order valence-corrected chi connectivity index (χ1v) is 9.97. The fourth-order valence-electron chi connectivity index (χ4n) is 5.13. The lowest BCUT2D eigenvalue weighted by atomic mass is 9.65. The molecule has 4 rings (SSSR count). The van der Waals surface area contributed by atoms with Gasteiger partial charge >= 0.3 is 0 Å². The van der Waals surface area contributed by atoms with Crippen molar-refractivity contribution in [2.45, 2.75) is 57.1 Å². The number of hydrogen-bond donors (Lipinski definition) is 1. The molecular formula is C21H30N2O2. The number of hydrogen-bond acceptors (Lipinski definition) is 3. The van der Waals surface area contributed by atoms with Gasteiger partial charge in [-0.15, -0.1) is 0 Å². The van der Waals surface area contributed by atoms with Gasteiger partial charge in [-0.2, -0.15) is 0 Å². The average molecular weight is 342 g/mol. The monoisotopic (exact) mass is 342 g/mol. The number of amides is 1. The fourth-order valence-corrected chi connectivity index (χ4v) is 5.13. The zero-order valence-electron chi connectivity index (χ0n) is 15.0. The molecule has 4 heteroatoms. The van der Waals surface area contributed by atoms with E-state index < -0.39 is 0 Å². The second-order valence-corrected chi connectivity index (χ2v) is 8.15. The molecule has 1 aromatic rings. The maximum Gasteiger partial charge on any atom is 0.225 e. The smallest absolute Gasteiger partial charge is 0.225 e. The molecule has 2 aliphatic carbocycles. The van der Waals surface area contributed by atoms with E-state index in [0.29, 0.717) is 23.8 Å². The number of benzene rings is 1. The quantitative estimate of drug-likeness (QED) is 0.918. The Labute approximate surface area is 150 Å². The van der Waals surface area contributed by atoms with Gasteiger partial charge in [0, 0.05) is 37.9 Å². The van der Waals surface area contributed by atoms with E-state index in [1.165, 1.54) is 19.3 Å². The number of carbonyl (C=O) groups is 1. The van der Waals surface area contributed by atoms with Crippen LogP contribution < -0.4 is 10.5 Å². The first-order valence-electron chi connectivity index (χ1n) is 9.97. The van der Waals surface area contributed by atoms with Crippen LogP contribution in [0.4, 0.5) is 0 Å². The molecule has 25 heavy (non-hydrogen) atoms. The van der Waals surface area contributed by atoms with Gasteiger partial charge in [0.2, 0.25) is 5.91 Å². The summed E-state index contributed by atoms with van der Waals surface area (Å²) in [6.07, 6.45) is 7.84. The van der Waals surface area contributed by atoms with E-state index in [-0.39, 0.29) is 12.0 Å². The Bertz CT molecular complexity index is 569. The minimum atomic E-state index is 0.210. The number of para-hydroxylation sites is 1. The van der Waals surface area contributed by atoms with Crippen LogP contribution in [0.25, 0.3) is 0 Å². The van der Waals surface area contributed by atoms with Gasteiger partial charge in [0.25, 0.3) is 0 Å². The van der Waals surface area contributed by atoms with E-state index in [4.69, 9.17) is 10.5 Å². The predicted molar refractivity (Wildman–Crippen MR) is 98.2 cm³/mol. The van der Waals surface area contributed by atoms with Gasteiger partial charge in [-0.3, -0.25) is 4.79 Å². The van der Waals surface area contributed by atoms with Crippen molar-refractivity contribution >= 4 is 5.91 Å². The van der Waals surface area contributed by atoms with Gasteiger partial charge in [0.1, 0.15) is 11.9 Å². The molecule has 3 fully saturated rings. The van der Waals surface area contributed by atoms with Crippen molar-refractivity contribution in [2.75, 3.05) is 13.1 Å². The van der Waals surface area contributed by atoms with Crippen LogP contribution in [-0.4, -0.2) is 36.0 Å². The van der Waals surface area contributed by atoms with Crippen molar-refractivity contribution in [1.29, 1.82) is 0 Å². The topological polar surface area (TPSA) is 55.6 Å². The molecular weight excluding hydrogens is 312 g/mol. The summed E-state index contributed by atoms with van der Waals surface area (Å²) in [7, 11) is 0. The molecule has 2 unspecified atom stereocenters. The average Bonchev–Trinajstić information content (AvgIpc) is 2.62. The SMILES string of the molecule is NC1C2CCCC1CC(C(=O)N1CCC(Oc3ccccc3)CC1)C2. The molecule has 0 aromatic heterocycles. The number of nitrogens with two attached hydrogens (primary N) is 1. The highest BCUT2D eigenvalue weighted by Gasteiger charge is 2.42. The zero-order chi connectivity index (χ0) is 17.2. The van der Waals surface area contributed by atoms with Crippen molar-refractivity contribution in [3.05, 3.63) is 30.3 Å². The lowest BCUT2D eigenvalue weighted by Gasteiger charge is -2.45. The van der Waals surface area contributed by atoms with E-state index in [2.05, 4.69) is 4.90 Å². The lowest BCUT2D eigenvalue weighted by molar-refractivity contribution is -0.140. The summed E-state index contributed by atoms with van der Waals surface area (Å²) >= 11 is 0. The maximum atomic E-state index is 13.0. The molecule has 1 amide bonds. The number of nitrogens with zero attached hydrogens (tertiary/aromatic N) is 1. The molecule has 1 aromatic carbocycles. The number of likely N-dealkylation sites (tertiary alicyclic amines) is 1. The van der Waals surface area contributed by atoms with Gasteiger partial charge in [-0.25, -0.2) is 0 Å². The molecule has 2 N–H and O–H groups in total. The molecule has 2 saturated carbocycles. The summed E-state index contributed by atoms with van der Waals surface area (Å²) < 4.78 is 6.05. The minimum Gasteiger partial charge on any atom is -0.490 e. The second kappa shape index (κ2) is 7.36. The van der Waals surface area contributed by atoms with Crippen LogP contribution in [0, 0.1) is 17.8 Å². The van der Waals surface area contributed by atoms with E-state index in [9.17, 15) is 4.79 Å². The third-order valence-corrected chi connectivity index (χ3v) is 6.56. The van der Waals surface area contributed by atoms with E-state index in [1.54, 1.807) is 0 Å². The van der Waals surface area contributed by atoms with Crippen LogP contribution in [0.3, 0.4) is 0 Å². The van der Waals surface area contributed by atoms with Gasteiger partial charge in [-0.05, 0) is 49.7 Å². The lowest BCUT2D eigenvalue weighted by Crippen LogP contribution is -2.51. The number of ether oxygens (including phenoxy) is 1. The normalized spacial score (nSPS) is 33.1. The molecule has 1 aliphatic heterocycles. The summed E-state index contributed by atoms with van der Waals surface area (Å²) in [5.74, 6) is 2.66. The molecule has 0 radical (unpaired) electrons. The molecule has 0 spiro atoms. The summed E-state index contributed by atoms with van der Waals surface area (Å²) in [5, 5.41) is 0. The summed E-state index contributed by atoms with van der Waals surface area (Å²) in [4.78, 5) is 15.1. The highest BCUT2D eigenvalue weighted by atomic mass is 16.5. The van der Waals surface area contributed by atoms with E-state index >= 15 is 0 Å². The molecule has 136 valence electrons. The van der Waals surface area contributed by atoms with Gasteiger partial charge < -0.3 is 15.4 Å². The summed E-state index contributed by atoms with van der Waals surface area (Å²) in [5.41, 5.74) is 6.38. The molecule has 4 nitrogen and oxygen atoms in total. The Morgan fingerprint density at radius 3 is 2.28 bits per heavy atom. The highest BCUT2D eigenvalue weighted by molar-refractivity contribution is 5.79. The molecule has 1 heterocycles. The van der Waals surface area contributed by atoms with Gasteiger partial charge in [0.15, 0.2) is 0 Å². The number of rotatable bonds is 3. The molecule has 2 atom stereocenters. The maximum absolute atomic E-state index is 13.0. The number of carbonyl (C=O) groups excluding carboxylic acids is 1. The van der Waals surface area contributed by atoms with Crippen molar-refractivity contribution < 1.29 is 9.53 Å². The van der Waals surface area contributed by atoms with Crippen molar-refractivity contribution in [3.63, 3.8) is 0 Å². The van der Waals surface area contributed by atoms with Crippen LogP contribution in [0.1, 0.15) is 44.9 Å². The van der Waals surface area contributed by atoms with Crippen molar-refractivity contribution in [1.82, 2.24) is 4.90 Å². The Kier molecular flexibility index (Phi) is 4.98. The van der Waals surface area contributed by atoms with Gasteiger partial charge in [0.05, 0.1) is 0 Å². The second-order valence-electron chi connectivity index (χ2n) is 8.15.